The maximum Gasteiger partial charge on any atom is 0.265 e. The Kier molecular flexibility index (Phi) is 4.76. The lowest BCUT2D eigenvalue weighted by Crippen LogP contribution is -2.37. The Morgan fingerprint density at radius 3 is 2.71 bits per heavy atom. The van der Waals surface area contributed by atoms with Gasteiger partial charge in [-0.15, -0.1) is 0 Å². The van der Waals surface area contributed by atoms with Gasteiger partial charge in [0.05, 0.1) is 0 Å². The molecule has 5 nitrogen and oxygen atoms in total. The highest BCUT2D eigenvalue weighted by Gasteiger charge is 2.24. The molecule has 1 aliphatic rings. The molecule has 1 aromatic heterocycles. The molecule has 2 rings (SSSR count). The summed E-state index contributed by atoms with van der Waals surface area (Å²) >= 11 is 1.32. The molecule has 6 heteroatoms. The van der Waals surface area contributed by atoms with E-state index in [1.165, 1.54) is 24.2 Å². The lowest BCUT2D eigenvalue weighted by molar-refractivity contribution is 0.0926. The molecule has 0 spiro atoms. The second-order valence-electron chi connectivity index (χ2n) is 7.05. The Morgan fingerprint density at radius 1 is 1.38 bits per heavy atom. The van der Waals surface area contributed by atoms with E-state index in [2.05, 4.69) is 22.5 Å². The van der Waals surface area contributed by atoms with Gasteiger partial charge in [-0.2, -0.15) is 0 Å². The van der Waals surface area contributed by atoms with Crippen LogP contribution in [-0.2, 0) is 0 Å². The maximum atomic E-state index is 12.4. The minimum atomic E-state index is -0.100. The number of carbonyl (C=O) groups is 1. The van der Waals surface area contributed by atoms with Gasteiger partial charge in [0.1, 0.15) is 10.7 Å². The molecule has 0 radical (unpaired) electrons. The van der Waals surface area contributed by atoms with Crippen molar-refractivity contribution in [3.63, 3.8) is 0 Å². The zero-order chi connectivity index (χ0) is 15.6. The fourth-order valence-electron chi connectivity index (χ4n) is 2.69. The Bertz CT molecular complexity index is 506. The highest BCUT2D eigenvalue weighted by atomic mass is 32.1. The molecule has 1 amide bonds. The minimum Gasteiger partial charge on any atom is -0.382 e. The quantitative estimate of drug-likeness (QED) is 0.800. The molecule has 118 valence electrons. The van der Waals surface area contributed by atoms with E-state index in [-0.39, 0.29) is 17.5 Å². The average Bonchev–Trinajstić information content (AvgIpc) is 2.67. The Morgan fingerprint density at radius 2 is 2.10 bits per heavy atom. The van der Waals surface area contributed by atoms with Crippen LogP contribution in [0.2, 0.25) is 0 Å². The number of hydrogen-bond donors (Lipinski definition) is 3. The van der Waals surface area contributed by atoms with Gasteiger partial charge in [-0.3, -0.25) is 4.79 Å². The summed E-state index contributed by atoms with van der Waals surface area (Å²) in [6, 6.07) is 0.266. The molecular weight excluding hydrogens is 284 g/mol. The lowest BCUT2D eigenvalue weighted by atomic mass is 9.87. The first-order valence-electron chi connectivity index (χ1n) is 7.60. The summed E-state index contributed by atoms with van der Waals surface area (Å²) in [4.78, 5) is 17.1. The van der Waals surface area contributed by atoms with E-state index in [0.717, 1.165) is 12.8 Å². The zero-order valence-corrected chi connectivity index (χ0v) is 14.1. The van der Waals surface area contributed by atoms with Gasteiger partial charge in [-0.05, 0) is 39.5 Å². The fraction of sp³-hybridized carbons (Fsp3) is 0.733. The summed E-state index contributed by atoms with van der Waals surface area (Å²) in [6.07, 6.45) is 4.55. The molecule has 0 bridgehead atoms. The molecule has 1 heterocycles. The fourth-order valence-corrected chi connectivity index (χ4v) is 3.68. The number of hydrogen-bond acceptors (Lipinski definition) is 5. The Balaban J connectivity index is 2.02. The molecule has 4 N–H and O–H groups in total. The third-order valence-electron chi connectivity index (χ3n) is 3.61. The lowest BCUT2D eigenvalue weighted by Gasteiger charge is -2.27. The van der Waals surface area contributed by atoms with Crippen LogP contribution in [0.5, 0.6) is 0 Å². The highest BCUT2D eigenvalue weighted by molar-refractivity contribution is 7.18. The van der Waals surface area contributed by atoms with Crippen molar-refractivity contribution in [1.29, 1.82) is 0 Å². The third-order valence-corrected chi connectivity index (χ3v) is 4.60. The van der Waals surface area contributed by atoms with E-state index in [1.54, 1.807) is 0 Å². The number of nitrogens with two attached hydrogens (primary N) is 1. The predicted molar refractivity (Wildman–Crippen MR) is 88.8 cm³/mol. The number of nitrogens with zero attached hydrogens (tertiary/aromatic N) is 1. The van der Waals surface area contributed by atoms with Crippen molar-refractivity contribution < 1.29 is 4.79 Å². The molecule has 1 fully saturated rings. The maximum absolute atomic E-state index is 12.4. The van der Waals surface area contributed by atoms with Crippen LogP contribution in [0.4, 0.5) is 10.9 Å². The van der Waals surface area contributed by atoms with E-state index < -0.39 is 0 Å². The minimum absolute atomic E-state index is 0.0916. The first-order chi connectivity index (χ1) is 9.74. The summed E-state index contributed by atoms with van der Waals surface area (Å²) in [5, 5.41) is 7.06. The van der Waals surface area contributed by atoms with Crippen LogP contribution in [-0.4, -0.2) is 22.5 Å². The smallest absolute Gasteiger partial charge is 0.265 e. The molecule has 1 aliphatic carbocycles. The first-order valence-corrected chi connectivity index (χ1v) is 8.41. The highest BCUT2D eigenvalue weighted by Crippen LogP contribution is 2.28. The van der Waals surface area contributed by atoms with Gasteiger partial charge in [0.15, 0.2) is 5.13 Å². The monoisotopic (exact) mass is 310 g/mol. The third kappa shape index (κ3) is 4.59. The second-order valence-corrected chi connectivity index (χ2v) is 8.05. The van der Waals surface area contributed by atoms with Crippen molar-refractivity contribution in [2.75, 3.05) is 11.1 Å². The average molecular weight is 310 g/mol. The second kappa shape index (κ2) is 6.22. The van der Waals surface area contributed by atoms with Crippen molar-refractivity contribution in [2.45, 2.75) is 65.0 Å². The standard InChI is InChI=1S/C15H26N4OS/c1-9-6-5-7-10(8-9)17-13(20)11-12(16)18-14(21-11)19-15(2,3)4/h9-10H,5-8,16H2,1-4H3,(H,17,20)(H,18,19). The van der Waals surface area contributed by atoms with Gasteiger partial charge >= 0.3 is 0 Å². The molecule has 0 saturated heterocycles. The molecule has 21 heavy (non-hydrogen) atoms. The summed E-state index contributed by atoms with van der Waals surface area (Å²) in [6.45, 7) is 8.39. The predicted octanol–water partition coefficient (Wildman–Crippen LogP) is 3.24. The van der Waals surface area contributed by atoms with Crippen LogP contribution in [0.25, 0.3) is 0 Å². The van der Waals surface area contributed by atoms with Crippen LogP contribution < -0.4 is 16.4 Å². The van der Waals surface area contributed by atoms with Crippen molar-refractivity contribution in [1.82, 2.24) is 10.3 Å². The number of carbonyl (C=O) groups excluding carboxylic acids is 1. The number of rotatable bonds is 3. The Labute approximate surface area is 130 Å². The van der Waals surface area contributed by atoms with Crippen LogP contribution in [0.3, 0.4) is 0 Å². The van der Waals surface area contributed by atoms with E-state index in [9.17, 15) is 4.79 Å². The molecule has 0 aliphatic heterocycles. The van der Waals surface area contributed by atoms with Crippen molar-refractivity contribution >= 4 is 28.2 Å². The summed E-state index contributed by atoms with van der Waals surface area (Å²) < 4.78 is 0. The van der Waals surface area contributed by atoms with Crippen molar-refractivity contribution in [3.05, 3.63) is 4.88 Å². The van der Waals surface area contributed by atoms with Gasteiger partial charge in [-0.1, -0.05) is 31.1 Å². The largest absolute Gasteiger partial charge is 0.382 e. The first kappa shape index (κ1) is 16.1. The van der Waals surface area contributed by atoms with Gasteiger partial charge < -0.3 is 16.4 Å². The molecule has 2 unspecified atom stereocenters. The van der Waals surface area contributed by atoms with E-state index in [1.807, 2.05) is 20.8 Å². The number of thiazole rings is 1. The van der Waals surface area contributed by atoms with Crippen molar-refractivity contribution in [2.24, 2.45) is 5.92 Å². The molecular formula is C15H26N4OS. The molecule has 1 aromatic rings. The van der Waals surface area contributed by atoms with Gasteiger partial charge in [-0.25, -0.2) is 4.98 Å². The molecule has 0 aromatic carbocycles. The van der Waals surface area contributed by atoms with E-state index in [4.69, 9.17) is 5.73 Å². The van der Waals surface area contributed by atoms with E-state index in [0.29, 0.717) is 21.7 Å². The summed E-state index contributed by atoms with van der Waals surface area (Å²) in [7, 11) is 0. The number of nitrogen functional groups attached to an aromatic ring is 1. The summed E-state index contributed by atoms with van der Waals surface area (Å²) in [5.74, 6) is 0.903. The van der Waals surface area contributed by atoms with Gasteiger partial charge in [0, 0.05) is 11.6 Å². The normalized spacial score (nSPS) is 22.9. The summed E-state index contributed by atoms with van der Waals surface area (Å²) in [5.41, 5.74) is 5.79. The number of amides is 1. The van der Waals surface area contributed by atoms with Crippen LogP contribution in [0.15, 0.2) is 0 Å². The van der Waals surface area contributed by atoms with Crippen LogP contribution in [0, 0.1) is 5.92 Å². The topological polar surface area (TPSA) is 80.0 Å². The number of anilines is 2. The molecule has 2 atom stereocenters. The molecule has 1 saturated carbocycles. The number of aromatic nitrogens is 1. The van der Waals surface area contributed by atoms with Crippen molar-refractivity contribution in [3.8, 4) is 0 Å². The zero-order valence-electron chi connectivity index (χ0n) is 13.3. The van der Waals surface area contributed by atoms with Crippen LogP contribution >= 0.6 is 11.3 Å². The van der Waals surface area contributed by atoms with Crippen LogP contribution in [0.1, 0.15) is 63.0 Å². The Hall–Kier alpha value is -1.30. The van der Waals surface area contributed by atoms with Gasteiger partial charge in [0.2, 0.25) is 0 Å². The van der Waals surface area contributed by atoms with E-state index >= 15 is 0 Å². The number of nitrogens with one attached hydrogen (secondary N) is 2. The SMILES string of the molecule is CC1CCCC(NC(=O)c2sc(NC(C)(C)C)nc2N)C1. The van der Waals surface area contributed by atoms with Gasteiger partial charge in [0.25, 0.3) is 5.91 Å².